The fraction of sp³-hybridized carbons (Fsp3) is 0.250. The van der Waals surface area contributed by atoms with Gasteiger partial charge in [-0.25, -0.2) is 4.98 Å². The average molecular weight is 200 g/mol. The highest BCUT2D eigenvalue weighted by Gasteiger charge is 1.98. The van der Waals surface area contributed by atoms with Crippen molar-refractivity contribution in [3.63, 3.8) is 0 Å². The third-order valence-corrected chi connectivity index (χ3v) is 1.60. The van der Waals surface area contributed by atoms with Crippen LogP contribution in [-0.2, 0) is 4.74 Å². The zero-order valence-corrected chi connectivity index (χ0v) is 7.95. The van der Waals surface area contributed by atoms with Crippen molar-refractivity contribution < 1.29 is 4.74 Å². The van der Waals surface area contributed by atoms with Crippen LogP contribution in [0, 0.1) is 0 Å². The summed E-state index contributed by atoms with van der Waals surface area (Å²) in [5, 5.41) is 0.335. The summed E-state index contributed by atoms with van der Waals surface area (Å²) >= 11 is 5.75. The maximum absolute atomic E-state index is 5.75. The summed E-state index contributed by atoms with van der Waals surface area (Å²) in [5.74, 6) is 0. The summed E-state index contributed by atoms with van der Waals surface area (Å²) in [7, 11) is 1.57. The van der Waals surface area contributed by atoms with Crippen LogP contribution in [0.4, 0.5) is 0 Å². The van der Waals surface area contributed by atoms with E-state index in [1.807, 2.05) is 0 Å². The van der Waals surface area contributed by atoms with E-state index in [2.05, 4.69) is 9.97 Å². The van der Waals surface area contributed by atoms with Gasteiger partial charge < -0.3 is 10.5 Å². The highest BCUT2D eigenvalue weighted by Crippen LogP contribution is 2.10. The van der Waals surface area contributed by atoms with Gasteiger partial charge in [0.05, 0.1) is 6.61 Å². The molecule has 5 heteroatoms. The van der Waals surface area contributed by atoms with E-state index in [9.17, 15) is 0 Å². The third kappa shape index (κ3) is 3.01. The number of nitrogens with zero attached hydrogens (tertiary/aromatic N) is 2. The second kappa shape index (κ2) is 4.79. The summed E-state index contributed by atoms with van der Waals surface area (Å²) < 4.78 is 4.83. The van der Waals surface area contributed by atoms with Crippen LogP contribution in [0.15, 0.2) is 18.1 Å². The highest BCUT2D eigenvalue weighted by molar-refractivity contribution is 6.30. The van der Waals surface area contributed by atoms with Crippen LogP contribution in [0.5, 0.6) is 0 Å². The molecule has 0 saturated heterocycles. The van der Waals surface area contributed by atoms with Crippen molar-refractivity contribution in [2.75, 3.05) is 13.7 Å². The lowest BCUT2D eigenvalue weighted by molar-refractivity contribution is 0.225. The summed E-state index contributed by atoms with van der Waals surface area (Å²) in [6.07, 6.45) is 4.71. The maximum Gasteiger partial charge on any atom is 0.154 e. The van der Waals surface area contributed by atoms with Crippen LogP contribution in [0.3, 0.4) is 0 Å². The first kappa shape index (κ1) is 9.95. The molecule has 0 saturated carbocycles. The molecule has 0 atom stereocenters. The summed E-state index contributed by atoms with van der Waals surface area (Å²) in [6, 6.07) is 0. The molecule has 1 heterocycles. The van der Waals surface area contributed by atoms with Crippen molar-refractivity contribution in [3.05, 3.63) is 28.9 Å². The standard InChI is InChI=1S/C8H10ClN3O/c1-13-5-6(10)4-7-8(9)12-3-2-11-7/h2-4H,5,10H2,1H3. The Morgan fingerprint density at radius 3 is 2.92 bits per heavy atom. The molecule has 0 aromatic carbocycles. The molecule has 70 valence electrons. The Morgan fingerprint density at radius 1 is 1.62 bits per heavy atom. The molecule has 4 nitrogen and oxygen atoms in total. The fourth-order valence-electron chi connectivity index (χ4n) is 0.813. The van der Waals surface area contributed by atoms with Crippen LogP contribution >= 0.6 is 11.6 Å². The maximum atomic E-state index is 5.75. The molecule has 0 amide bonds. The summed E-state index contributed by atoms with van der Waals surface area (Å²) in [4.78, 5) is 7.85. The fourth-order valence-corrected chi connectivity index (χ4v) is 0.972. The molecule has 0 bridgehead atoms. The molecule has 0 unspecified atom stereocenters. The SMILES string of the molecule is COCC(N)=Cc1nccnc1Cl. The first-order valence-electron chi connectivity index (χ1n) is 3.65. The molecule has 1 aromatic rings. The summed E-state index contributed by atoms with van der Waals surface area (Å²) in [5.41, 5.74) is 6.71. The second-order valence-corrected chi connectivity index (χ2v) is 2.74. The smallest absolute Gasteiger partial charge is 0.154 e. The van der Waals surface area contributed by atoms with Crippen LogP contribution < -0.4 is 5.73 Å². The summed E-state index contributed by atoms with van der Waals surface area (Å²) in [6.45, 7) is 0.354. The number of hydrogen-bond acceptors (Lipinski definition) is 4. The molecular formula is C8H10ClN3O. The van der Waals surface area contributed by atoms with E-state index in [1.54, 1.807) is 19.4 Å². The van der Waals surface area contributed by atoms with Crippen LogP contribution in [0.25, 0.3) is 6.08 Å². The van der Waals surface area contributed by atoms with Gasteiger partial charge in [-0.15, -0.1) is 0 Å². The van der Waals surface area contributed by atoms with Crippen LogP contribution in [0.1, 0.15) is 5.69 Å². The van der Waals surface area contributed by atoms with E-state index in [0.717, 1.165) is 0 Å². The first-order valence-corrected chi connectivity index (χ1v) is 4.03. The predicted octanol–water partition coefficient (Wildman–Crippen LogP) is 1.08. The van der Waals surface area contributed by atoms with E-state index in [4.69, 9.17) is 22.1 Å². The molecule has 0 fully saturated rings. The molecule has 0 aliphatic heterocycles. The molecule has 1 rings (SSSR count). The Kier molecular flexibility index (Phi) is 3.67. The largest absolute Gasteiger partial charge is 0.400 e. The Bertz CT molecular complexity index is 314. The monoisotopic (exact) mass is 199 g/mol. The number of aromatic nitrogens is 2. The number of nitrogens with two attached hydrogens (primary N) is 1. The van der Waals surface area contributed by atoms with E-state index < -0.39 is 0 Å². The second-order valence-electron chi connectivity index (χ2n) is 2.38. The van der Waals surface area contributed by atoms with Crippen LogP contribution in [0.2, 0.25) is 5.15 Å². The molecule has 2 N–H and O–H groups in total. The van der Waals surface area contributed by atoms with E-state index in [-0.39, 0.29) is 0 Å². The van der Waals surface area contributed by atoms with E-state index in [1.165, 1.54) is 6.20 Å². The molecule has 13 heavy (non-hydrogen) atoms. The van der Waals surface area contributed by atoms with Gasteiger partial charge in [0, 0.05) is 25.2 Å². The zero-order valence-electron chi connectivity index (χ0n) is 7.20. The zero-order chi connectivity index (χ0) is 9.68. The predicted molar refractivity (Wildman–Crippen MR) is 51.1 cm³/mol. The van der Waals surface area contributed by atoms with Crippen molar-refractivity contribution in [1.29, 1.82) is 0 Å². The number of rotatable bonds is 3. The molecule has 1 aromatic heterocycles. The minimum atomic E-state index is 0.335. The lowest BCUT2D eigenvalue weighted by Crippen LogP contribution is -2.04. The van der Waals surface area contributed by atoms with Crippen molar-refractivity contribution >= 4 is 17.7 Å². The topological polar surface area (TPSA) is 61.0 Å². The average Bonchev–Trinajstić information content (AvgIpc) is 2.09. The third-order valence-electron chi connectivity index (χ3n) is 1.31. The Morgan fingerprint density at radius 2 is 2.31 bits per heavy atom. The molecule has 0 radical (unpaired) electrons. The molecule has 0 spiro atoms. The molecule has 0 aliphatic rings. The lowest BCUT2D eigenvalue weighted by Gasteiger charge is -1.99. The molecular weight excluding hydrogens is 190 g/mol. The van der Waals surface area contributed by atoms with Gasteiger partial charge in [-0.05, 0) is 6.08 Å². The Balaban J connectivity index is 2.84. The van der Waals surface area contributed by atoms with E-state index in [0.29, 0.717) is 23.2 Å². The normalized spacial score (nSPS) is 11.7. The quantitative estimate of drug-likeness (QED) is 0.791. The van der Waals surface area contributed by atoms with Gasteiger partial charge in [-0.1, -0.05) is 11.6 Å². The van der Waals surface area contributed by atoms with Crippen LogP contribution in [-0.4, -0.2) is 23.7 Å². The minimum Gasteiger partial charge on any atom is -0.400 e. The van der Waals surface area contributed by atoms with Gasteiger partial charge in [0.25, 0.3) is 0 Å². The van der Waals surface area contributed by atoms with Gasteiger partial charge >= 0.3 is 0 Å². The van der Waals surface area contributed by atoms with Gasteiger partial charge in [0.15, 0.2) is 5.15 Å². The van der Waals surface area contributed by atoms with Gasteiger partial charge in [-0.3, -0.25) is 4.98 Å². The highest BCUT2D eigenvalue weighted by atomic mass is 35.5. The van der Waals surface area contributed by atoms with Crippen molar-refractivity contribution in [3.8, 4) is 0 Å². The number of hydrogen-bond donors (Lipinski definition) is 1. The van der Waals surface area contributed by atoms with E-state index >= 15 is 0 Å². The Hall–Kier alpha value is -1.13. The van der Waals surface area contributed by atoms with Crippen molar-refractivity contribution in [2.45, 2.75) is 0 Å². The number of ether oxygens (including phenoxy) is 1. The number of halogens is 1. The Labute approximate surface area is 81.4 Å². The van der Waals surface area contributed by atoms with Crippen molar-refractivity contribution in [2.24, 2.45) is 5.73 Å². The minimum absolute atomic E-state index is 0.335. The van der Waals surface area contributed by atoms with Gasteiger partial charge in [0.2, 0.25) is 0 Å². The lowest BCUT2D eigenvalue weighted by atomic mass is 10.3. The number of methoxy groups -OCH3 is 1. The first-order chi connectivity index (χ1) is 6.24. The van der Waals surface area contributed by atoms with Gasteiger partial charge in [-0.2, -0.15) is 0 Å². The molecule has 0 aliphatic carbocycles. The van der Waals surface area contributed by atoms with Crippen molar-refractivity contribution in [1.82, 2.24) is 9.97 Å². The van der Waals surface area contributed by atoms with Gasteiger partial charge in [0.1, 0.15) is 5.69 Å².